The van der Waals surface area contributed by atoms with Crippen LogP contribution in [0, 0.1) is 0 Å². The highest BCUT2D eigenvalue weighted by molar-refractivity contribution is 5.79. The van der Waals surface area contributed by atoms with Crippen LogP contribution in [0.3, 0.4) is 0 Å². The van der Waals surface area contributed by atoms with Crippen LogP contribution in [0.1, 0.15) is 44.9 Å². The first-order valence-corrected chi connectivity index (χ1v) is 7.16. The lowest BCUT2D eigenvalue weighted by Gasteiger charge is -2.27. The SMILES string of the molecule is O=C1CCC(Nc2cc(NC3CCC3)ncn2)CC1. The molecule has 1 aromatic heterocycles. The van der Waals surface area contributed by atoms with Gasteiger partial charge in [-0.2, -0.15) is 0 Å². The Kier molecular flexibility index (Phi) is 3.62. The molecule has 0 spiro atoms. The second kappa shape index (κ2) is 5.55. The molecule has 2 aliphatic rings. The molecule has 0 saturated heterocycles. The molecule has 0 unspecified atom stereocenters. The Labute approximate surface area is 113 Å². The first-order valence-electron chi connectivity index (χ1n) is 7.16. The lowest BCUT2D eigenvalue weighted by atomic mass is 9.93. The highest BCUT2D eigenvalue weighted by atomic mass is 16.1. The molecule has 2 fully saturated rings. The van der Waals surface area contributed by atoms with E-state index in [9.17, 15) is 4.79 Å². The number of anilines is 2. The molecule has 0 aromatic carbocycles. The molecule has 0 bridgehead atoms. The van der Waals surface area contributed by atoms with Gasteiger partial charge in [0.15, 0.2) is 0 Å². The second-order valence-electron chi connectivity index (χ2n) is 5.52. The maximum absolute atomic E-state index is 11.2. The number of carbonyl (C=O) groups excluding carboxylic acids is 1. The summed E-state index contributed by atoms with van der Waals surface area (Å²) in [7, 11) is 0. The Bertz CT molecular complexity index is 449. The molecular formula is C14H20N4O. The quantitative estimate of drug-likeness (QED) is 0.870. The molecule has 0 atom stereocenters. The maximum atomic E-state index is 11.2. The van der Waals surface area contributed by atoms with Gasteiger partial charge in [0.2, 0.25) is 0 Å². The molecule has 2 aliphatic carbocycles. The van der Waals surface area contributed by atoms with E-state index >= 15 is 0 Å². The van der Waals surface area contributed by atoms with Crippen molar-refractivity contribution in [3.05, 3.63) is 12.4 Å². The average Bonchev–Trinajstić information content (AvgIpc) is 2.37. The largest absolute Gasteiger partial charge is 0.367 e. The Hall–Kier alpha value is -1.65. The number of nitrogens with zero attached hydrogens (tertiary/aromatic N) is 2. The van der Waals surface area contributed by atoms with E-state index in [1.165, 1.54) is 19.3 Å². The molecule has 1 heterocycles. The van der Waals surface area contributed by atoms with Gasteiger partial charge in [0.05, 0.1) is 0 Å². The third-order valence-electron chi connectivity index (χ3n) is 4.02. The molecule has 5 nitrogen and oxygen atoms in total. The predicted octanol–water partition coefficient (Wildman–Crippen LogP) is 2.36. The van der Waals surface area contributed by atoms with Crippen molar-refractivity contribution < 1.29 is 4.79 Å². The monoisotopic (exact) mass is 260 g/mol. The van der Waals surface area contributed by atoms with E-state index in [1.807, 2.05) is 6.07 Å². The first kappa shape index (κ1) is 12.4. The summed E-state index contributed by atoms with van der Waals surface area (Å²) in [6, 6.07) is 2.91. The van der Waals surface area contributed by atoms with Gasteiger partial charge >= 0.3 is 0 Å². The van der Waals surface area contributed by atoms with Gasteiger partial charge in [0.1, 0.15) is 23.7 Å². The number of Topliss-reactive ketones (excluding diaryl/α,β-unsaturated/α-hetero) is 1. The van der Waals surface area contributed by atoms with E-state index in [4.69, 9.17) is 0 Å². The molecule has 5 heteroatoms. The topological polar surface area (TPSA) is 66.9 Å². The maximum Gasteiger partial charge on any atom is 0.133 e. The van der Waals surface area contributed by atoms with Crippen molar-refractivity contribution in [3.8, 4) is 0 Å². The highest BCUT2D eigenvalue weighted by Gasteiger charge is 2.20. The summed E-state index contributed by atoms with van der Waals surface area (Å²) < 4.78 is 0. The number of hydrogen-bond acceptors (Lipinski definition) is 5. The van der Waals surface area contributed by atoms with Gasteiger partial charge in [-0.05, 0) is 32.1 Å². The van der Waals surface area contributed by atoms with Gasteiger partial charge in [-0.25, -0.2) is 9.97 Å². The Morgan fingerprint density at radius 3 is 2.05 bits per heavy atom. The number of ketones is 1. The minimum Gasteiger partial charge on any atom is -0.367 e. The number of rotatable bonds is 4. The Morgan fingerprint density at radius 1 is 0.947 bits per heavy atom. The zero-order valence-electron chi connectivity index (χ0n) is 11.1. The van der Waals surface area contributed by atoms with Crippen LogP contribution in [-0.4, -0.2) is 27.8 Å². The van der Waals surface area contributed by atoms with Crippen LogP contribution >= 0.6 is 0 Å². The first-order chi connectivity index (χ1) is 9.29. The van der Waals surface area contributed by atoms with Crippen LogP contribution in [0.4, 0.5) is 11.6 Å². The summed E-state index contributed by atoms with van der Waals surface area (Å²) in [4.78, 5) is 19.7. The summed E-state index contributed by atoms with van der Waals surface area (Å²) in [5.74, 6) is 2.14. The van der Waals surface area contributed by atoms with Crippen LogP contribution in [0.25, 0.3) is 0 Å². The molecule has 0 aliphatic heterocycles. The summed E-state index contributed by atoms with van der Waals surface area (Å²) in [5.41, 5.74) is 0. The van der Waals surface area contributed by atoms with Crippen molar-refractivity contribution in [1.29, 1.82) is 0 Å². The molecule has 2 saturated carbocycles. The van der Waals surface area contributed by atoms with Crippen molar-refractivity contribution >= 4 is 17.4 Å². The van der Waals surface area contributed by atoms with Crippen LogP contribution in [0.2, 0.25) is 0 Å². The second-order valence-corrected chi connectivity index (χ2v) is 5.52. The van der Waals surface area contributed by atoms with Crippen LogP contribution in [-0.2, 0) is 4.79 Å². The van der Waals surface area contributed by atoms with Crippen molar-refractivity contribution in [2.75, 3.05) is 10.6 Å². The van der Waals surface area contributed by atoms with Gasteiger partial charge in [0, 0.05) is 31.0 Å². The fraction of sp³-hybridized carbons (Fsp3) is 0.643. The van der Waals surface area contributed by atoms with E-state index in [2.05, 4.69) is 20.6 Å². The lowest BCUT2D eigenvalue weighted by molar-refractivity contribution is -0.120. The highest BCUT2D eigenvalue weighted by Crippen LogP contribution is 2.24. The normalized spacial score (nSPS) is 20.9. The van der Waals surface area contributed by atoms with Gasteiger partial charge in [-0.3, -0.25) is 4.79 Å². The van der Waals surface area contributed by atoms with Crippen LogP contribution in [0.5, 0.6) is 0 Å². The number of hydrogen-bond donors (Lipinski definition) is 2. The molecule has 0 amide bonds. The van der Waals surface area contributed by atoms with Crippen LogP contribution in [0.15, 0.2) is 12.4 Å². The molecular weight excluding hydrogens is 240 g/mol. The lowest BCUT2D eigenvalue weighted by Crippen LogP contribution is -2.28. The van der Waals surface area contributed by atoms with E-state index in [0.29, 0.717) is 30.7 Å². The minimum atomic E-state index is 0.365. The average molecular weight is 260 g/mol. The minimum absolute atomic E-state index is 0.365. The molecule has 2 N–H and O–H groups in total. The summed E-state index contributed by atoms with van der Waals surface area (Å²) in [6.45, 7) is 0. The van der Waals surface area contributed by atoms with Crippen molar-refractivity contribution in [1.82, 2.24) is 9.97 Å². The standard InChI is InChI=1S/C14H20N4O/c19-12-6-4-11(5-7-12)18-14-8-13(15-9-16-14)17-10-2-1-3-10/h8-11H,1-7H2,(H2,15,16,17,18). The van der Waals surface area contributed by atoms with E-state index < -0.39 is 0 Å². The number of nitrogens with one attached hydrogen (secondary N) is 2. The van der Waals surface area contributed by atoms with Crippen LogP contribution < -0.4 is 10.6 Å². The zero-order valence-corrected chi connectivity index (χ0v) is 11.1. The van der Waals surface area contributed by atoms with Crippen molar-refractivity contribution in [3.63, 3.8) is 0 Å². The summed E-state index contributed by atoms with van der Waals surface area (Å²) in [5, 5.41) is 6.83. The van der Waals surface area contributed by atoms with E-state index in [1.54, 1.807) is 6.33 Å². The van der Waals surface area contributed by atoms with Gasteiger partial charge in [0.25, 0.3) is 0 Å². The smallest absolute Gasteiger partial charge is 0.133 e. The van der Waals surface area contributed by atoms with E-state index in [-0.39, 0.29) is 0 Å². The van der Waals surface area contributed by atoms with Crippen molar-refractivity contribution in [2.24, 2.45) is 0 Å². The summed E-state index contributed by atoms with van der Waals surface area (Å²) in [6.07, 6.45) is 8.57. The molecule has 3 rings (SSSR count). The zero-order chi connectivity index (χ0) is 13.1. The Morgan fingerprint density at radius 2 is 1.53 bits per heavy atom. The third-order valence-corrected chi connectivity index (χ3v) is 4.02. The van der Waals surface area contributed by atoms with E-state index in [0.717, 1.165) is 24.5 Å². The Balaban J connectivity index is 1.57. The molecule has 19 heavy (non-hydrogen) atoms. The van der Waals surface area contributed by atoms with Gasteiger partial charge in [-0.15, -0.1) is 0 Å². The third kappa shape index (κ3) is 3.22. The molecule has 102 valence electrons. The number of aromatic nitrogens is 2. The molecule has 0 radical (unpaired) electrons. The van der Waals surface area contributed by atoms with Gasteiger partial charge < -0.3 is 10.6 Å². The fourth-order valence-electron chi connectivity index (χ4n) is 2.57. The predicted molar refractivity (Wildman–Crippen MR) is 74.2 cm³/mol. The van der Waals surface area contributed by atoms with Crippen molar-refractivity contribution in [2.45, 2.75) is 57.0 Å². The number of carbonyl (C=O) groups is 1. The molecule has 1 aromatic rings. The summed E-state index contributed by atoms with van der Waals surface area (Å²) >= 11 is 0. The fourth-order valence-corrected chi connectivity index (χ4v) is 2.57. The van der Waals surface area contributed by atoms with Gasteiger partial charge in [-0.1, -0.05) is 0 Å².